The molecule has 0 aliphatic rings. The third-order valence-electron chi connectivity index (χ3n) is 0.463. The molecule has 0 spiro atoms. The average molecular weight is 149 g/mol. The van der Waals surface area contributed by atoms with Crippen molar-refractivity contribution in [3.63, 3.8) is 0 Å². The van der Waals surface area contributed by atoms with Crippen LogP contribution in [0.2, 0.25) is 0 Å². The van der Waals surface area contributed by atoms with E-state index >= 15 is 0 Å². The molecule has 0 aromatic rings. The van der Waals surface area contributed by atoms with Gasteiger partial charge >= 0.3 is 0 Å². The Kier molecular flexibility index (Phi) is 3.43. The standard InChI is InChI=1S/C3H6NO4P/c4-2-1-3-8-9(5,6)7/h1,3H2,(H2,5,6,7)/p-2. The van der Waals surface area contributed by atoms with Crippen molar-refractivity contribution in [3.8, 4) is 6.07 Å². The Morgan fingerprint density at radius 3 is 2.56 bits per heavy atom. The van der Waals surface area contributed by atoms with Crippen molar-refractivity contribution in [1.82, 2.24) is 0 Å². The third-order valence-corrected chi connectivity index (χ3v) is 0.962. The molecule has 5 nitrogen and oxygen atoms in total. The lowest BCUT2D eigenvalue weighted by molar-refractivity contribution is -0.341. The fraction of sp³-hybridized carbons (Fsp3) is 0.667. The van der Waals surface area contributed by atoms with Crippen LogP contribution in [-0.4, -0.2) is 6.61 Å². The van der Waals surface area contributed by atoms with Gasteiger partial charge in [0.1, 0.15) is 0 Å². The molecule has 6 heteroatoms. The van der Waals surface area contributed by atoms with Crippen molar-refractivity contribution in [2.24, 2.45) is 0 Å². The van der Waals surface area contributed by atoms with Gasteiger partial charge in [-0.15, -0.1) is 0 Å². The molecule has 0 fully saturated rings. The van der Waals surface area contributed by atoms with E-state index in [1.54, 1.807) is 6.07 Å². The molecule has 0 N–H and O–H groups in total. The van der Waals surface area contributed by atoms with Crippen LogP contribution in [-0.2, 0) is 9.09 Å². The summed E-state index contributed by atoms with van der Waals surface area (Å²) >= 11 is 0. The Balaban J connectivity index is 3.32. The number of hydrogen-bond donors (Lipinski definition) is 0. The Labute approximate surface area is 52.1 Å². The molecule has 9 heavy (non-hydrogen) atoms. The maximum Gasteiger partial charge on any atom is 0.0648 e. The summed E-state index contributed by atoms with van der Waals surface area (Å²) in [7, 11) is -4.85. The summed E-state index contributed by atoms with van der Waals surface area (Å²) in [5, 5.41) is 7.84. The van der Waals surface area contributed by atoms with Crippen LogP contribution in [0.5, 0.6) is 0 Å². The lowest BCUT2D eigenvalue weighted by atomic mass is 10.5. The van der Waals surface area contributed by atoms with Gasteiger partial charge in [-0.25, -0.2) is 0 Å². The van der Waals surface area contributed by atoms with Gasteiger partial charge in [0.2, 0.25) is 0 Å². The van der Waals surface area contributed by atoms with Crippen molar-refractivity contribution in [2.45, 2.75) is 6.42 Å². The quantitative estimate of drug-likeness (QED) is 0.368. The van der Waals surface area contributed by atoms with Crippen LogP contribution in [0.1, 0.15) is 6.42 Å². The van der Waals surface area contributed by atoms with Gasteiger partial charge in [0.15, 0.2) is 0 Å². The molecule has 0 saturated heterocycles. The topological polar surface area (TPSA) is 96.2 Å². The maximum absolute atomic E-state index is 9.65. The summed E-state index contributed by atoms with van der Waals surface area (Å²) < 4.78 is 13.3. The van der Waals surface area contributed by atoms with E-state index in [1.807, 2.05) is 0 Å². The van der Waals surface area contributed by atoms with Crippen LogP contribution in [0.4, 0.5) is 0 Å². The predicted octanol–water partition coefficient (Wildman–Crippen LogP) is -1.25. The molecule has 0 heterocycles. The highest BCUT2D eigenvalue weighted by atomic mass is 31.2. The Bertz CT molecular complexity index is 156. The van der Waals surface area contributed by atoms with E-state index < -0.39 is 7.82 Å². The highest BCUT2D eigenvalue weighted by Gasteiger charge is 1.88. The highest BCUT2D eigenvalue weighted by Crippen LogP contribution is 2.23. The SMILES string of the molecule is N#CCCOP(=O)([O-])[O-]. The Morgan fingerprint density at radius 2 is 2.22 bits per heavy atom. The van der Waals surface area contributed by atoms with E-state index in [2.05, 4.69) is 4.52 Å². The summed E-state index contributed by atoms with van der Waals surface area (Å²) in [5.41, 5.74) is 0. The molecule has 0 radical (unpaired) electrons. The summed E-state index contributed by atoms with van der Waals surface area (Å²) in [4.78, 5) is 19.3. The normalized spacial score (nSPS) is 10.8. The second-order valence-corrected chi connectivity index (χ2v) is 2.34. The van der Waals surface area contributed by atoms with Crippen LogP contribution < -0.4 is 9.79 Å². The van der Waals surface area contributed by atoms with E-state index in [9.17, 15) is 14.4 Å². The first-order valence-electron chi connectivity index (χ1n) is 2.10. The minimum absolute atomic E-state index is 0.0888. The summed E-state index contributed by atoms with van der Waals surface area (Å²) in [5.74, 6) is 0. The van der Waals surface area contributed by atoms with Gasteiger partial charge in [-0.05, 0) is 0 Å². The second-order valence-electron chi connectivity index (χ2n) is 1.19. The van der Waals surface area contributed by atoms with Gasteiger partial charge in [-0.1, -0.05) is 0 Å². The van der Waals surface area contributed by atoms with Crippen molar-refractivity contribution in [3.05, 3.63) is 0 Å². The van der Waals surface area contributed by atoms with Gasteiger partial charge < -0.3 is 18.9 Å². The zero-order valence-corrected chi connectivity index (χ0v) is 5.34. The van der Waals surface area contributed by atoms with Crippen LogP contribution in [0, 0.1) is 11.3 Å². The van der Waals surface area contributed by atoms with Crippen molar-refractivity contribution < 1.29 is 18.9 Å². The third kappa shape index (κ3) is 7.60. The van der Waals surface area contributed by atoms with Gasteiger partial charge in [-0.3, -0.25) is 0 Å². The van der Waals surface area contributed by atoms with Crippen LogP contribution in [0.3, 0.4) is 0 Å². The van der Waals surface area contributed by atoms with Gasteiger partial charge in [0, 0.05) is 0 Å². The number of phosphoric acid groups is 1. The summed E-state index contributed by atoms with van der Waals surface area (Å²) in [6, 6.07) is 1.62. The predicted molar refractivity (Wildman–Crippen MR) is 23.8 cm³/mol. The fourth-order valence-electron chi connectivity index (χ4n) is 0.203. The second kappa shape index (κ2) is 3.59. The molecule has 0 bridgehead atoms. The minimum atomic E-state index is -4.85. The molecular weight excluding hydrogens is 145 g/mol. The molecule has 0 amide bonds. The molecule has 52 valence electrons. The van der Waals surface area contributed by atoms with Crippen molar-refractivity contribution in [1.29, 1.82) is 5.26 Å². The molecular formula is C3H4NO4P-2. The monoisotopic (exact) mass is 149 g/mol. The number of nitriles is 1. The van der Waals surface area contributed by atoms with Gasteiger partial charge in [-0.2, -0.15) is 5.26 Å². The van der Waals surface area contributed by atoms with Crippen LogP contribution in [0.25, 0.3) is 0 Å². The van der Waals surface area contributed by atoms with E-state index in [4.69, 9.17) is 5.26 Å². The highest BCUT2D eigenvalue weighted by molar-refractivity contribution is 7.43. The van der Waals surface area contributed by atoms with E-state index in [0.717, 1.165) is 0 Å². The average Bonchev–Trinajstić information content (AvgIpc) is 1.63. The number of rotatable bonds is 3. The smallest absolute Gasteiger partial charge is 0.0648 e. The van der Waals surface area contributed by atoms with E-state index in [-0.39, 0.29) is 13.0 Å². The number of nitrogens with zero attached hydrogens (tertiary/aromatic N) is 1. The number of phosphoric ester groups is 1. The Hall–Kier alpha value is -0.400. The van der Waals surface area contributed by atoms with Crippen LogP contribution in [0.15, 0.2) is 0 Å². The lowest BCUT2D eigenvalue weighted by Crippen LogP contribution is -2.16. The maximum atomic E-state index is 9.65. The molecule has 0 rings (SSSR count). The molecule has 0 aliphatic heterocycles. The molecule has 0 aromatic heterocycles. The summed E-state index contributed by atoms with van der Waals surface area (Å²) in [6.45, 7) is -0.346. The zero-order valence-electron chi connectivity index (χ0n) is 4.44. The molecule has 0 saturated carbocycles. The van der Waals surface area contributed by atoms with Crippen LogP contribution >= 0.6 is 7.82 Å². The first-order valence-corrected chi connectivity index (χ1v) is 3.56. The zero-order chi connectivity index (χ0) is 7.33. The van der Waals surface area contributed by atoms with Crippen molar-refractivity contribution >= 4 is 7.82 Å². The molecule has 0 unspecified atom stereocenters. The van der Waals surface area contributed by atoms with E-state index in [1.165, 1.54) is 0 Å². The molecule has 0 aliphatic carbocycles. The Morgan fingerprint density at radius 1 is 1.67 bits per heavy atom. The summed E-state index contributed by atoms with van der Waals surface area (Å²) in [6.07, 6.45) is -0.0888. The van der Waals surface area contributed by atoms with Gasteiger partial charge in [0.25, 0.3) is 0 Å². The minimum Gasteiger partial charge on any atom is -0.790 e. The van der Waals surface area contributed by atoms with Crippen molar-refractivity contribution in [2.75, 3.05) is 6.61 Å². The number of hydrogen-bond acceptors (Lipinski definition) is 5. The lowest BCUT2D eigenvalue weighted by Gasteiger charge is -2.27. The fourth-order valence-corrected chi connectivity index (χ4v) is 0.518. The molecule has 0 atom stereocenters. The first kappa shape index (κ1) is 8.60. The van der Waals surface area contributed by atoms with E-state index in [0.29, 0.717) is 0 Å². The van der Waals surface area contributed by atoms with Gasteiger partial charge in [0.05, 0.1) is 26.9 Å². The largest absolute Gasteiger partial charge is 0.790 e. The molecule has 0 aromatic carbocycles. The first-order chi connectivity index (χ1) is 4.06.